The van der Waals surface area contributed by atoms with E-state index in [0.717, 1.165) is 30.3 Å². The predicted molar refractivity (Wildman–Crippen MR) is 108 cm³/mol. The summed E-state index contributed by atoms with van der Waals surface area (Å²) in [6, 6.07) is 8.93. The van der Waals surface area contributed by atoms with Crippen molar-refractivity contribution in [3.05, 3.63) is 48.5 Å². The summed E-state index contributed by atoms with van der Waals surface area (Å²) in [4.78, 5) is -1.96. The summed E-state index contributed by atoms with van der Waals surface area (Å²) >= 11 is 0. The van der Waals surface area contributed by atoms with Crippen LogP contribution in [-0.2, 0) is 30.4 Å². The van der Waals surface area contributed by atoms with E-state index in [1.165, 1.54) is 18.2 Å². The molecule has 3 aromatic carbocycles. The van der Waals surface area contributed by atoms with Gasteiger partial charge in [0.05, 0.1) is 10.6 Å². The highest BCUT2D eigenvalue weighted by Crippen LogP contribution is 2.39. The van der Waals surface area contributed by atoms with E-state index in [0.29, 0.717) is 0 Å². The topological polar surface area (TPSA) is 214 Å². The molecule has 164 valence electrons. The van der Waals surface area contributed by atoms with E-state index in [2.05, 4.69) is 10.2 Å². The Kier molecular flexibility index (Phi) is 5.59. The van der Waals surface area contributed by atoms with Crippen LogP contribution < -0.4 is 5.73 Å². The van der Waals surface area contributed by atoms with Crippen molar-refractivity contribution < 1.29 is 38.9 Å². The minimum atomic E-state index is -4.88. The lowest BCUT2D eigenvalue weighted by molar-refractivity contribution is 0.481. The first-order valence-electron chi connectivity index (χ1n) is 7.99. The van der Waals surface area contributed by atoms with Crippen LogP contribution in [-0.4, -0.2) is 38.9 Å². The van der Waals surface area contributed by atoms with Crippen molar-refractivity contribution in [2.45, 2.75) is 14.7 Å². The fourth-order valence-corrected chi connectivity index (χ4v) is 4.49. The molecule has 0 atom stereocenters. The number of azo groups is 1. The third kappa shape index (κ3) is 4.71. The zero-order valence-electron chi connectivity index (χ0n) is 15.1. The van der Waals surface area contributed by atoms with Crippen molar-refractivity contribution in [1.82, 2.24) is 0 Å². The largest absolute Gasteiger partial charge is 0.396 e. The summed E-state index contributed by atoms with van der Waals surface area (Å²) in [5, 5.41) is 7.48. The first-order valence-corrected chi connectivity index (χ1v) is 12.3. The Morgan fingerprint density at radius 2 is 1.32 bits per heavy atom. The number of anilines is 1. The molecular formula is C16H13N3O9S3. The third-order valence-electron chi connectivity index (χ3n) is 4.06. The van der Waals surface area contributed by atoms with Crippen molar-refractivity contribution in [2.75, 3.05) is 5.73 Å². The Labute approximate surface area is 176 Å². The van der Waals surface area contributed by atoms with Gasteiger partial charge in [0.1, 0.15) is 21.2 Å². The van der Waals surface area contributed by atoms with Crippen LogP contribution in [0.1, 0.15) is 0 Å². The molecule has 0 heterocycles. The fourth-order valence-electron chi connectivity index (χ4n) is 2.70. The molecule has 0 saturated heterocycles. The van der Waals surface area contributed by atoms with Gasteiger partial charge in [-0.1, -0.05) is 18.2 Å². The second kappa shape index (κ2) is 7.63. The minimum Gasteiger partial charge on any atom is -0.396 e. The molecule has 0 spiro atoms. The van der Waals surface area contributed by atoms with Gasteiger partial charge in [-0.05, 0) is 35.7 Å². The summed E-state index contributed by atoms with van der Waals surface area (Å²) in [6.45, 7) is 0. The second-order valence-corrected chi connectivity index (χ2v) is 10.3. The number of hydrogen-bond donors (Lipinski definition) is 4. The van der Waals surface area contributed by atoms with E-state index in [4.69, 9.17) is 5.73 Å². The summed E-state index contributed by atoms with van der Waals surface area (Å²) in [6.07, 6.45) is 0. The molecule has 3 rings (SSSR count). The van der Waals surface area contributed by atoms with Gasteiger partial charge >= 0.3 is 0 Å². The molecular weight excluding hydrogens is 474 g/mol. The lowest BCUT2D eigenvalue weighted by Crippen LogP contribution is -2.04. The quantitative estimate of drug-likeness (QED) is 0.234. The standard InChI is InChI=1S/C16H13N3O9S3/c17-15-14(31(26,27)28)8-9-7-10(29(20,21)22)5-6-11(9)16(15)19-18-12-3-1-2-4-13(12)30(23,24)25/h1-8H,17H2,(H,20,21,22)(H,23,24,25)(H,26,27,28). The molecule has 0 aliphatic carbocycles. The molecule has 0 radical (unpaired) electrons. The van der Waals surface area contributed by atoms with Crippen molar-refractivity contribution in [2.24, 2.45) is 10.2 Å². The monoisotopic (exact) mass is 487 g/mol. The Bertz CT molecular complexity index is 1560. The maximum Gasteiger partial charge on any atom is 0.296 e. The zero-order valence-corrected chi connectivity index (χ0v) is 17.6. The number of benzene rings is 3. The summed E-state index contributed by atoms with van der Waals surface area (Å²) in [7, 11) is -14.2. The van der Waals surface area contributed by atoms with Gasteiger partial charge in [0.25, 0.3) is 30.4 Å². The van der Waals surface area contributed by atoms with Crippen molar-refractivity contribution in [3.63, 3.8) is 0 Å². The van der Waals surface area contributed by atoms with Gasteiger partial charge in [0, 0.05) is 5.39 Å². The molecule has 3 aromatic rings. The minimum absolute atomic E-state index is 0.0744. The van der Waals surface area contributed by atoms with E-state index in [1.54, 1.807) is 0 Å². The van der Waals surface area contributed by atoms with Gasteiger partial charge in [-0.2, -0.15) is 25.3 Å². The smallest absolute Gasteiger partial charge is 0.296 e. The molecule has 0 fully saturated rings. The van der Waals surface area contributed by atoms with Gasteiger partial charge in [0.15, 0.2) is 0 Å². The van der Waals surface area contributed by atoms with Crippen LogP contribution in [0.25, 0.3) is 10.8 Å². The van der Waals surface area contributed by atoms with Gasteiger partial charge in [-0.3, -0.25) is 13.7 Å². The third-order valence-corrected chi connectivity index (χ3v) is 6.71. The van der Waals surface area contributed by atoms with Crippen LogP contribution in [0.4, 0.5) is 17.1 Å². The Morgan fingerprint density at radius 3 is 1.90 bits per heavy atom. The van der Waals surface area contributed by atoms with Gasteiger partial charge in [0.2, 0.25) is 0 Å². The van der Waals surface area contributed by atoms with Crippen molar-refractivity contribution >= 4 is 58.2 Å². The van der Waals surface area contributed by atoms with Crippen molar-refractivity contribution in [3.8, 4) is 0 Å². The van der Waals surface area contributed by atoms with Gasteiger partial charge in [-0.25, -0.2) is 0 Å². The number of nitrogens with two attached hydrogens (primary N) is 1. The molecule has 12 nitrogen and oxygen atoms in total. The van der Waals surface area contributed by atoms with E-state index in [1.807, 2.05) is 0 Å². The van der Waals surface area contributed by atoms with Crippen LogP contribution in [0.3, 0.4) is 0 Å². The van der Waals surface area contributed by atoms with Crippen LogP contribution in [0, 0.1) is 0 Å². The molecule has 0 aromatic heterocycles. The molecule has 31 heavy (non-hydrogen) atoms. The first kappa shape index (κ1) is 22.7. The highest BCUT2D eigenvalue weighted by atomic mass is 32.2. The maximum atomic E-state index is 11.7. The highest BCUT2D eigenvalue weighted by Gasteiger charge is 2.22. The average Bonchev–Trinajstić information content (AvgIpc) is 2.64. The molecule has 15 heteroatoms. The van der Waals surface area contributed by atoms with Crippen LogP contribution >= 0.6 is 0 Å². The van der Waals surface area contributed by atoms with Gasteiger partial charge < -0.3 is 5.73 Å². The molecule has 0 unspecified atom stereocenters. The lowest BCUT2D eigenvalue weighted by Gasteiger charge is -2.10. The zero-order chi connectivity index (χ0) is 23.2. The number of hydrogen-bond acceptors (Lipinski definition) is 9. The average molecular weight is 487 g/mol. The van der Waals surface area contributed by atoms with E-state index in [9.17, 15) is 38.9 Å². The summed E-state index contributed by atoms with van der Waals surface area (Å²) in [5.74, 6) is 0. The highest BCUT2D eigenvalue weighted by molar-refractivity contribution is 7.86. The van der Waals surface area contributed by atoms with Crippen LogP contribution in [0.5, 0.6) is 0 Å². The Hall–Kier alpha value is -2.95. The van der Waals surface area contributed by atoms with E-state index >= 15 is 0 Å². The molecule has 5 N–H and O–H groups in total. The normalized spacial score (nSPS) is 13.1. The molecule has 0 aliphatic rings. The van der Waals surface area contributed by atoms with Crippen LogP contribution in [0.15, 0.2) is 73.4 Å². The molecule has 0 amide bonds. The first-order chi connectivity index (χ1) is 14.2. The summed E-state index contributed by atoms with van der Waals surface area (Å²) in [5.41, 5.74) is 4.63. The SMILES string of the molecule is Nc1c(S(=O)(=O)O)cc2cc(S(=O)(=O)O)ccc2c1N=Nc1ccccc1S(=O)(=O)O. The number of fused-ring (bicyclic) bond motifs is 1. The molecule has 0 bridgehead atoms. The van der Waals surface area contributed by atoms with E-state index in [-0.39, 0.29) is 22.1 Å². The Morgan fingerprint density at radius 1 is 0.710 bits per heavy atom. The maximum absolute atomic E-state index is 11.7. The summed E-state index contributed by atoms with van der Waals surface area (Å²) < 4.78 is 97.2. The van der Waals surface area contributed by atoms with Crippen molar-refractivity contribution in [1.29, 1.82) is 0 Å². The van der Waals surface area contributed by atoms with Gasteiger partial charge in [-0.15, -0.1) is 10.2 Å². The number of nitrogens with zero attached hydrogens (tertiary/aromatic N) is 2. The lowest BCUT2D eigenvalue weighted by atomic mass is 10.1. The van der Waals surface area contributed by atoms with Crippen LogP contribution in [0.2, 0.25) is 0 Å². The van der Waals surface area contributed by atoms with E-state index < -0.39 is 50.7 Å². The predicted octanol–water partition coefficient (Wildman–Crippen LogP) is 2.58. The molecule has 0 saturated carbocycles. The second-order valence-electron chi connectivity index (χ2n) is 6.11. The number of nitrogen functional groups attached to an aromatic ring is 1. The number of rotatable bonds is 5. The fraction of sp³-hybridized carbons (Fsp3) is 0. The Balaban J connectivity index is 2.34. The molecule has 0 aliphatic heterocycles.